The minimum absolute atomic E-state index is 0.222. The molecule has 2 N–H and O–H groups in total. The molecule has 120 valence electrons. The molecular formula is C17H19N3O2S. The number of hydrogen-bond donors (Lipinski definition) is 1. The summed E-state index contributed by atoms with van der Waals surface area (Å²) in [6.07, 6.45) is 3.77. The second kappa shape index (κ2) is 6.04. The Morgan fingerprint density at radius 3 is 2.35 bits per heavy atom. The van der Waals surface area contributed by atoms with E-state index in [-0.39, 0.29) is 9.79 Å². The van der Waals surface area contributed by atoms with Gasteiger partial charge in [-0.2, -0.15) is 0 Å². The summed E-state index contributed by atoms with van der Waals surface area (Å²) in [5.41, 5.74) is 6.73. The van der Waals surface area contributed by atoms with Crippen molar-refractivity contribution in [1.29, 1.82) is 0 Å². The molecule has 23 heavy (non-hydrogen) atoms. The van der Waals surface area contributed by atoms with Crippen LogP contribution in [-0.4, -0.2) is 26.5 Å². The SMILES string of the molecule is C=Cc1cc(S(=O)(=O)c2ccc(N)cc2)cc(N2CCCC2)n1. The van der Waals surface area contributed by atoms with Gasteiger partial charge in [0.2, 0.25) is 9.84 Å². The van der Waals surface area contributed by atoms with Gasteiger partial charge in [0.15, 0.2) is 0 Å². The number of aromatic nitrogens is 1. The second-order valence-electron chi connectivity index (χ2n) is 5.56. The Hall–Kier alpha value is -2.34. The summed E-state index contributed by atoms with van der Waals surface area (Å²) in [4.78, 5) is 7.04. The summed E-state index contributed by atoms with van der Waals surface area (Å²) in [6, 6.07) is 9.42. The summed E-state index contributed by atoms with van der Waals surface area (Å²) in [6.45, 7) is 5.51. The van der Waals surface area contributed by atoms with Crippen molar-refractivity contribution >= 4 is 27.4 Å². The summed E-state index contributed by atoms with van der Waals surface area (Å²) in [5.74, 6) is 0.689. The van der Waals surface area contributed by atoms with Gasteiger partial charge in [-0.25, -0.2) is 13.4 Å². The molecule has 0 radical (unpaired) electrons. The van der Waals surface area contributed by atoms with E-state index in [9.17, 15) is 8.42 Å². The molecule has 0 spiro atoms. The van der Waals surface area contributed by atoms with Crippen LogP contribution in [0.1, 0.15) is 18.5 Å². The van der Waals surface area contributed by atoms with Gasteiger partial charge < -0.3 is 10.6 Å². The van der Waals surface area contributed by atoms with Crippen molar-refractivity contribution in [2.24, 2.45) is 0 Å². The van der Waals surface area contributed by atoms with Crippen LogP contribution >= 0.6 is 0 Å². The van der Waals surface area contributed by atoms with Gasteiger partial charge in [-0.3, -0.25) is 0 Å². The Morgan fingerprint density at radius 1 is 1.09 bits per heavy atom. The van der Waals surface area contributed by atoms with E-state index in [1.54, 1.807) is 30.3 Å². The molecule has 1 saturated heterocycles. The molecule has 1 aliphatic rings. The topological polar surface area (TPSA) is 76.3 Å². The van der Waals surface area contributed by atoms with Gasteiger partial charge >= 0.3 is 0 Å². The lowest BCUT2D eigenvalue weighted by Crippen LogP contribution is -2.20. The summed E-state index contributed by atoms with van der Waals surface area (Å²) in [7, 11) is -3.61. The maximum Gasteiger partial charge on any atom is 0.206 e. The molecule has 0 saturated carbocycles. The van der Waals surface area contributed by atoms with Crippen LogP contribution in [0.4, 0.5) is 11.5 Å². The normalized spacial score (nSPS) is 14.9. The highest BCUT2D eigenvalue weighted by Gasteiger charge is 2.22. The summed E-state index contributed by atoms with van der Waals surface area (Å²) >= 11 is 0. The third kappa shape index (κ3) is 3.07. The first-order valence-electron chi connectivity index (χ1n) is 7.51. The minimum atomic E-state index is -3.61. The molecule has 6 heteroatoms. The number of sulfone groups is 1. The van der Waals surface area contributed by atoms with Crippen molar-refractivity contribution in [3.8, 4) is 0 Å². The van der Waals surface area contributed by atoms with Crippen LogP contribution in [0.2, 0.25) is 0 Å². The lowest BCUT2D eigenvalue weighted by Gasteiger charge is -2.18. The molecule has 0 amide bonds. The van der Waals surface area contributed by atoms with E-state index in [2.05, 4.69) is 16.5 Å². The Kier molecular flexibility index (Phi) is 4.09. The molecule has 1 fully saturated rings. The number of nitrogens with two attached hydrogens (primary N) is 1. The van der Waals surface area contributed by atoms with Crippen molar-refractivity contribution < 1.29 is 8.42 Å². The Balaban J connectivity index is 2.08. The summed E-state index contributed by atoms with van der Waals surface area (Å²) in [5, 5.41) is 0. The van der Waals surface area contributed by atoms with Crippen LogP contribution in [0.3, 0.4) is 0 Å². The molecule has 3 rings (SSSR count). The third-order valence-corrected chi connectivity index (χ3v) is 5.69. The smallest absolute Gasteiger partial charge is 0.206 e. The number of rotatable bonds is 4. The number of nitrogen functional groups attached to an aromatic ring is 1. The lowest BCUT2D eigenvalue weighted by molar-refractivity contribution is 0.596. The zero-order valence-corrected chi connectivity index (χ0v) is 13.6. The van der Waals surface area contributed by atoms with E-state index in [1.165, 1.54) is 12.1 Å². The fourth-order valence-electron chi connectivity index (χ4n) is 2.66. The maximum absolute atomic E-state index is 12.9. The van der Waals surface area contributed by atoms with E-state index < -0.39 is 9.84 Å². The number of hydrogen-bond acceptors (Lipinski definition) is 5. The second-order valence-corrected chi connectivity index (χ2v) is 7.51. The van der Waals surface area contributed by atoms with Crippen LogP contribution in [-0.2, 0) is 9.84 Å². The molecule has 2 aromatic rings. The minimum Gasteiger partial charge on any atom is -0.399 e. The van der Waals surface area contributed by atoms with E-state index in [0.29, 0.717) is 17.2 Å². The van der Waals surface area contributed by atoms with Gasteiger partial charge in [0.25, 0.3) is 0 Å². The predicted octanol–water partition coefficient (Wildman–Crippen LogP) is 2.74. The van der Waals surface area contributed by atoms with Crippen LogP contribution in [0.5, 0.6) is 0 Å². The fourth-order valence-corrected chi connectivity index (χ4v) is 3.97. The van der Waals surface area contributed by atoms with Gasteiger partial charge in [-0.05, 0) is 55.3 Å². The Morgan fingerprint density at radius 2 is 1.74 bits per heavy atom. The van der Waals surface area contributed by atoms with Crippen LogP contribution in [0.15, 0.2) is 52.8 Å². The van der Waals surface area contributed by atoms with E-state index in [4.69, 9.17) is 5.73 Å². The third-order valence-electron chi connectivity index (χ3n) is 3.95. The molecule has 5 nitrogen and oxygen atoms in total. The highest BCUT2D eigenvalue weighted by atomic mass is 32.2. The van der Waals surface area contributed by atoms with Gasteiger partial charge in [0.1, 0.15) is 5.82 Å². The fraction of sp³-hybridized carbons (Fsp3) is 0.235. The Bertz CT molecular complexity index is 823. The standard InChI is InChI=1S/C17H19N3O2S/c1-2-14-11-16(12-17(19-14)20-9-3-4-10-20)23(21,22)15-7-5-13(18)6-8-15/h2,5-8,11-12H,1,3-4,9-10,18H2. The predicted molar refractivity (Wildman–Crippen MR) is 92.1 cm³/mol. The van der Waals surface area contributed by atoms with Crippen molar-refractivity contribution in [2.45, 2.75) is 22.6 Å². The van der Waals surface area contributed by atoms with E-state index in [0.717, 1.165) is 25.9 Å². The van der Waals surface area contributed by atoms with Crippen molar-refractivity contribution in [2.75, 3.05) is 23.7 Å². The maximum atomic E-state index is 12.9. The molecule has 0 aliphatic carbocycles. The molecule has 1 aliphatic heterocycles. The lowest BCUT2D eigenvalue weighted by atomic mass is 10.3. The first-order chi connectivity index (χ1) is 11.0. The van der Waals surface area contributed by atoms with E-state index >= 15 is 0 Å². The average Bonchev–Trinajstić information content (AvgIpc) is 3.09. The monoisotopic (exact) mass is 329 g/mol. The van der Waals surface area contributed by atoms with Gasteiger partial charge in [-0.15, -0.1) is 0 Å². The Labute approximate surface area is 136 Å². The molecule has 1 aromatic heterocycles. The van der Waals surface area contributed by atoms with Crippen LogP contribution in [0.25, 0.3) is 6.08 Å². The van der Waals surface area contributed by atoms with Crippen molar-refractivity contribution in [3.63, 3.8) is 0 Å². The van der Waals surface area contributed by atoms with Crippen molar-refractivity contribution in [3.05, 3.63) is 48.7 Å². The highest BCUT2D eigenvalue weighted by Crippen LogP contribution is 2.27. The van der Waals surface area contributed by atoms with Gasteiger partial charge in [0.05, 0.1) is 15.5 Å². The van der Waals surface area contributed by atoms with E-state index in [1.807, 2.05) is 0 Å². The van der Waals surface area contributed by atoms with Crippen molar-refractivity contribution in [1.82, 2.24) is 4.98 Å². The quantitative estimate of drug-likeness (QED) is 0.873. The molecule has 2 heterocycles. The molecule has 1 aromatic carbocycles. The van der Waals surface area contributed by atoms with Crippen LogP contribution < -0.4 is 10.6 Å². The highest BCUT2D eigenvalue weighted by molar-refractivity contribution is 7.91. The van der Waals surface area contributed by atoms with Gasteiger partial charge in [-0.1, -0.05) is 6.58 Å². The van der Waals surface area contributed by atoms with Crippen LogP contribution in [0, 0.1) is 0 Å². The largest absolute Gasteiger partial charge is 0.399 e. The number of anilines is 2. The molecule has 0 unspecified atom stereocenters. The molecule has 0 bridgehead atoms. The number of pyridine rings is 1. The zero-order chi connectivity index (χ0) is 16.4. The first-order valence-corrected chi connectivity index (χ1v) is 8.99. The zero-order valence-electron chi connectivity index (χ0n) is 12.8. The molecular weight excluding hydrogens is 310 g/mol. The number of nitrogens with zero attached hydrogens (tertiary/aromatic N) is 2. The average molecular weight is 329 g/mol. The molecule has 0 atom stereocenters. The first kappa shape index (κ1) is 15.6. The number of benzene rings is 1. The summed E-state index contributed by atoms with van der Waals surface area (Å²) < 4.78 is 25.7. The van der Waals surface area contributed by atoms with Gasteiger partial charge in [0, 0.05) is 18.8 Å².